The quantitative estimate of drug-likeness (QED) is 0.777. The van der Waals surface area contributed by atoms with Crippen molar-refractivity contribution in [3.05, 3.63) is 57.9 Å². The van der Waals surface area contributed by atoms with Crippen LogP contribution in [0.2, 0.25) is 0 Å². The van der Waals surface area contributed by atoms with Gasteiger partial charge in [-0.1, -0.05) is 51.1 Å². The fourth-order valence-corrected chi connectivity index (χ4v) is 2.50. The molecule has 1 aliphatic rings. The van der Waals surface area contributed by atoms with Crippen molar-refractivity contribution >= 4 is 24.7 Å². The lowest BCUT2D eigenvalue weighted by Gasteiger charge is -2.07. The number of hydrogen-bond donors (Lipinski definition) is 0. The molecule has 0 unspecified atom stereocenters. The highest BCUT2D eigenvalue weighted by molar-refractivity contribution is 14.2. The van der Waals surface area contributed by atoms with Gasteiger partial charge in [-0.3, -0.25) is 0 Å². The predicted octanol–water partition coefficient (Wildman–Crippen LogP) is 3.39. The molecule has 0 aliphatic carbocycles. The average Bonchev–Trinajstić information content (AvgIpc) is 2.29. The molecule has 0 amide bonds. The number of ether oxygens (including phenoxy) is 1. The molecule has 0 N–H and O–H groups in total. The topological polar surface area (TPSA) is 9.23 Å². The Bertz CT molecular complexity index is 377. The van der Waals surface area contributed by atoms with E-state index in [1.165, 1.54) is 5.56 Å². The molecule has 14 heavy (non-hydrogen) atoms. The first-order chi connectivity index (χ1) is 6.95. The van der Waals surface area contributed by atoms with E-state index in [1.807, 2.05) is 18.2 Å². The lowest BCUT2D eigenvalue weighted by atomic mass is 10.2. The summed E-state index contributed by atoms with van der Waals surface area (Å²) in [4.78, 5) is 0. The van der Waals surface area contributed by atoms with Crippen LogP contribution in [0.5, 0.6) is 0 Å². The van der Waals surface area contributed by atoms with Gasteiger partial charge in [0.25, 0.3) is 0 Å². The molecular weight excluding hydrogens is 287 g/mol. The molecule has 0 spiro atoms. The smallest absolute Gasteiger partial charge is 0.120 e. The summed E-state index contributed by atoms with van der Waals surface area (Å²) in [5.41, 5.74) is 1.21. The van der Waals surface area contributed by atoms with E-state index in [4.69, 9.17) is 4.74 Å². The van der Waals surface area contributed by atoms with Gasteiger partial charge in [0.15, 0.2) is 0 Å². The second kappa shape index (κ2) is 5.10. The van der Waals surface area contributed by atoms with Crippen LogP contribution in [-0.2, 0) is 11.3 Å². The van der Waals surface area contributed by atoms with Crippen molar-refractivity contribution in [2.75, 3.05) is 0 Å². The molecule has 1 aromatic rings. The third kappa shape index (κ3) is 2.80. The van der Waals surface area contributed by atoms with Crippen LogP contribution < -0.4 is 0 Å². The Hall–Kier alpha value is -0.900. The molecule has 0 saturated heterocycles. The maximum Gasteiger partial charge on any atom is 0.120 e. The molecule has 0 radical (unpaired) electrons. The van der Waals surface area contributed by atoms with E-state index in [1.54, 1.807) is 0 Å². The third-order valence-electron chi connectivity index (χ3n) is 1.85. The molecule has 0 saturated carbocycles. The van der Waals surface area contributed by atoms with Gasteiger partial charge in [-0.15, -0.1) is 0 Å². The van der Waals surface area contributed by atoms with Gasteiger partial charge in [-0.05, 0) is 25.8 Å². The van der Waals surface area contributed by atoms with E-state index < -0.39 is 0 Å². The van der Waals surface area contributed by atoms with Crippen molar-refractivity contribution in [3.63, 3.8) is 0 Å². The highest BCUT2D eigenvalue weighted by Gasteiger charge is 1.95. The SMILES string of the molecule is C1=CC(OCc2ccccc2)=CC=I1. The molecule has 0 atom stereocenters. The summed E-state index contributed by atoms with van der Waals surface area (Å²) in [6.45, 7) is 0.656. The Morgan fingerprint density at radius 3 is 2.71 bits per heavy atom. The Labute approximate surface area is 93.8 Å². The fourth-order valence-electron chi connectivity index (χ4n) is 1.13. The summed E-state index contributed by atoms with van der Waals surface area (Å²) in [6, 6.07) is 10.2. The molecule has 0 fully saturated rings. The van der Waals surface area contributed by atoms with Crippen molar-refractivity contribution in [3.8, 4) is 0 Å². The third-order valence-corrected chi connectivity index (χ3v) is 3.40. The molecular formula is C12H11IO. The average molecular weight is 298 g/mol. The second-order valence-electron chi connectivity index (χ2n) is 2.89. The molecule has 2 rings (SSSR count). The van der Waals surface area contributed by atoms with Crippen LogP contribution in [0.4, 0.5) is 0 Å². The lowest BCUT2D eigenvalue weighted by molar-refractivity contribution is 0.212. The zero-order valence-corrected chi connectivity index (χ0v) is 9.85. The van der Waals surface area contributed by atoms with Crippen LogP contribution in [0.15, 0.2) is 52.3 Å². The van der Waals surface area contributed by atoms with Crippen LogP contribution in [0.1, 0.15) is 5.56 Å². The summed E-state index contributed by atoms with van der Waals surface area (Å²) in [7, 11) is 0. The minimum Gasteiger partial charge on any atom is -0.489 e. The Morgan fingerprint density at radius 2 is 2.00 bits per heavy atom. The molecule has 0 aromatic heterocycles. The van der Waals surface area contributed by atoms with Gasteiger partial charge in [-0.2, -0.15) is 0 Å². The van der Waals surface area contributed by atoms with Gasteiger partial charge < -0.3 is 4.74 Å². The summed E-state index contributed by atoms with van der Waals surface area (Å²) in [5, 5.41) is 0. The summed E-state index contributed by atoms with van der Waals surface area (Å²) in [6.07, 6.45) is 4.13. The van der Waals surface area contributed by atoms with E-state index in [2.05, 4.69) is 32.4 Å². The highest BCUT2D eigenvalue weighted by atomic mass is 127. The summed E-state index contributed by atoms with van der Waals surface area (Å²) < 4.78 is 10.0. The number of benzene rings is 1. The van der Waals surface area contributed by atoms with Gasteiger partial charge in [0.1, 0.15) is 12.4 Å². The van der Waals surface area contributed by atoms with Crippen LogP contribution in [0.25, 0.3) is 0 Å². The first-order valence-corrected chi connectivity index (χ1v) is 6.93. The van der Waals surface area contributed by atoms with Crippen LogP contribution in [-0.4, -0.2) is 4.01 Å². The lowest BCUT2D eigenvalue weighted by Crippen LogP contribution is -1.92. The number of allylic oxidation sites excluding steroid dienone is 2. The van der Waals surface area contributed by atoms with E-state index >= 15 is 0 Å². The van der Waals surface area contributed by atoms with E-state index in [-0.39, 0.29) is 20.7 Å². The van der Waals surface area contributed by atoms with E-state index in [9.17, 15) is 0 Å². The molecule has 1 aliphatic heterocycles. The van der Waals surface area contributed by atoms with Crippen LogP contribution in [0.3, 0.4) is 0 Å². The highest BCUT2D eigenvalue weighted by Crippen LogP contribution is 2.12. The molecule has 0 bridgehead atoms. The Balaban J connectivity index is 1.92. The standard InChI is InChI=1S/C12H11IO/c1-2-4-11(5-3-1)10-14-12-6-8-13-9-7-12/h1-9H,10H2. The summed E-state index contributed by atoms with van der Waals surface area (Å²) >= 11 is 0.159. The van der Waals surface area contributed by atoms with Crippen molar-refractivity contribution in [2.24, 2.45) is 0 Å². The molecule has 72 valence electrons. The van der Waals surface area contributed by atoms with E-state index in [0.29, 0.717) is 6.61 Å². The second-order valence-corrected chi connectivity index (χ2v) is 5.05. The maximum atomic E-state index is 5.63. The molecule has 1 heterocycles. The van der Waals surface area contributed by atoms with Crippen molar-refractivity contribution in [1.29, 1.82) is 0 Å². The van der Waals surface area contributed by atoms with Crippen molar-refractivity contribution in [1.82, 2.24) is 0 Å². The minimum absolute atomic E-state index is 0.159. The number of rotatable bonds is 3. The van der Waals surface area contributed by atoms with Gasteiger partial charge in [-0.25, -0.2) is 0 Å². The normalized spacial score (nSPS) is 14.4. The Morgan fingerprint density at radius 1 is 1.14 bits per heavy atom. The maximum absolute atomic E-state index is 5.63. The predicted molar refractivity (Wildman–Crippen MR) is 68.5 cm³/mol. The Kier molecular flexibility index (Phi) is 3.51. The van der Waals surface area contributed by atoms with Crippen LogP contribution >= 0.6 is 20.7 Å². The summed E-state index contributed by atoms with van der Waals surface area (Å²) in [5.74, 6) is 0.972. The monoisotopic (exact) mass is 298 g/mol. The van der Waals surface area contributed by atoms with Gasteiger partial charge in [0, 0.05) is 0 Å². The first-order valence-electron chi connectivity index (χ1n) is 4.44. The zero-order chi connectivity index (χ0) is 9.64. The van der Waals surface area contributed by atoms with E-state index in [0.717, 1.165) is 5.76 Å². The minimum atomic E-state index is 0.159. The molecule has 1 nitrogen and oxygen atoms in total. The molecule has 1 aromatic carbocycles. The van der Waals surface area contributed by atoms with Gasteiger partial charge in [0.05, 0.1) is 0 Å². The molecule has 2 heteroatoms. The van der Waals surface area contributed by atoms with Gasteiger partial charge >= 0.3 is 0 Å². The fraction of sp³-hybridized carbons (Fsp3) is 0.0833. The number of hydrogen-bond acceptors (Lipinski definition) is 1. The van der Waals surface area contributed by atoms with Gasteiger partial charge in [0.2, 0.25) is 0 Å². The van der Waals surface area contributed by atoms with Crippen molar-refractivity contribution < 1.29 is 4.74 Å². The largest absolute Gasteiger partial charge is 0.489 e. The number of halogens is 1. The van der Waals surface area contributed by atoms with Crippen molar-refractivity contribution in [2.45, 2.75) is 6.61 Å². The van der Waals surface area contributed by atoms with Crippen LogP contribution in [0, 0.1) is 0 Å². The zero-order valence-electron chi connectivity index (χ0n) is 7.69. The first kappa shape index (κ1) is 9.65.